The van der Waals surface area contributed by atoms with Crippen LogP contribution in [0.2, 0.25) is 5.15 Å². The second-order valence-corrected chi connectivity index (χ2v) is 4.03. The third kappa shape index (κ3) is 2.90. The molecule has 2 aromatic rings. The Morgan fingerprint density at radius 2 is 1.74 bits per heavy atom. The number of rotatable bonds is 1. The molecular weight excluding hydrogens is 281 g/mol. The van der Waals surface area contributed by atoms with Crippen molar-refractivity contribution in [2.24, 2.45) is 4.99 Å². The number of para-hydroxylation sites is 1. The topological polar surface area (TPSA) is 37.5 Å². The quantitative estimate of drug-likeness (QED) is 0.631. The van der Waals surface area contributed by atoms with E-state index in [1.54, 1.807) is 0 Å². The molecule has 0 radical (unpaired) electrons. The summed E-state index contributed by atoms with van der Waals surface area (Å²) in [5.41, 5.74) is -1.26. The molecule has 19 heavy (non-hydrogen) atoms. The molecule has 7 heteroatoms. The van der Waals surface area contributed by atoms with Gasteiger partial charge in [0.1, 0.15) is 5.15 Å². The Balaban J connectivity index is 2.64. The van der Waals surface area contributed by atoms with E-state index >= 15 is 0 Å². The summed E-state index contributed by atoms with van der Waals surface area (Å²) in [6.07, 6.45) is -4.51. The van der Waals surface area contributed by atoms with Crippen LogP contribution in [-0.2, 0) is 6.18 Å². The molecule has 1 N–H and O–H groups in total. The number of pyridine rings is 1. The van der Waals surface area contributed by atoms with Crippen LogP contribution in [0.3, 0.4) is 0 Å². The summed E-state index contributed by atoms with van der Waals surface area (Å²) >= 11 is 5.64. The van der Waals surface area contributed by atoms with Crippen LogP contribution < -0.4 is 5.49 Å². The van der Waals surface area contributed by atoms with Crippen LogP contribution in [0.4, 0.5) is 18.9 Å². The monoisotopic (exact) mass is 288 g/mol. The summed E-state index contributed by atoms with van der Waals surface area (Å²) in [5.74, 6) is 0. The highest BCUT2D eigenvalue weighted by molar-refractivity contribution is 6.29. The van der Waals surface area contributed by atoms with Crippen molar-refractivity contribution < 1.29 is 18.4 Å². The molecule has 1 aromatic heterocycles. The predicted octanol–water partition coefficient (Wildman–Crippen LogP) is 3.63. The predicted molar refractivity (Wildman–Crippen MR) is 63.3 cm³/mol. The minimum Gasteiger partial charge on any atom is -0.426 e. The van der Waals surface area contributed by atoms with Crippen molar-refractivity contribution in [1.82, 2.24) is 4.73 Å². The molecule has 3 nitrogen and oxygen atoms in total. The average molecular weight is 289 g/mol. The smallest absolute Gasteiger partial charge is 0.418 e. The van der Waals surface area contributed by atoms with Gasteiger partial charge in [-0.05, 0) is 24.3 Å². The Kier molecular flexibility index (Phi) is 3.53. The fraction of sp³-hybridized carbons (Fsp3) is 0.0833. The summed E-state index contributed by atoms with van der Waals surface area (Å²) in [6, 6.07) is 9.04. The molecule has 0 saturated carbocycles. The third-order valence-corrected chi connectivity index (χ3v) is 2.63. The van der Waals surface area contributed by atoms with E-state index in [1.807, 2.05) is 0 Å². The molecule has 0 bridgehead atoms. The highest BCUT2D eigenvalue weighted by Crippen LogP contribution is 2.35. The first-order chi connectivity index (χ1) is 8.89. The van der Waals surface area contributed by atoms with Crippen molar-refractivity contribution in [3.8, 4) is 0 Å². The molecule has 0 saturated heterocycles. The lowest BCUT2D eigenvalue weighted by Gasteiger charge is -2.09. The van der Waals surface area contributed by atoms with Gasteiger partial charge >= 0.3 is 6.18 Å². The molecule has 0 spiro atoms. The number of aromatic nitrogens is 1. The molecular formula is C12H8ClF3N2O. The van der Waals surface area contributed by atoms with Gasteiger partial charge in [-0.25, -0.2) is 4.99 Å². The molecule has 0 aliphatic heterocycles. The highest BCUT2D eigenvalue weighted by atomic mass is 35.5. The van der Waals surface area contributed by atoms with Crippen LogP contribution in [0.1, 0.15) is 5.56 Å². The van der Waals surface area contributed by atoms with Crippen molar-refractivity contribution in [3.63, 3.8) is 0 Å². The fourth-order valence-electron chi connectivity index (χ4n) is 1.48. The van der Waals surface area contributed by atoms with E-state index in [0.29, 0.717) is 4.73 Å². The minimum absolute atomic E-state index is 0.0502. The number of alkyl halides is 3. The normalized spacial score (nSPS) is 12.7. The maximum absolute atomic E-state index is 12.8. The lowest BCUT2D eigenvalue weighted by Crippen LogP contribution is -2.18. The second-order valence-electron chi connectivity index (χ2n) is 3.65. The van der Waals surface area contributed by atoms with Gasteiger partial charge < -0.3 is 5.21 Å². The number of hydrogen-bond acceptors (Lipinski definition) is 2. The van der Waals surface area contributed by atoms with Crippen molar-refractivity contribution in [3.05, 3.63) is 58.7 Å². The van der Waals surface area contributed by atoms with Crippen molar-refractivity contribution >= 4 is 17.3 Å². The van der Waals surface area contributed by atoms with Crippen molar-refractivity contribution in [2.45, 2.75) is 6.18 Å². The molecule has 0 unspecified atom stereocenters. The van der Waals surface area contributed by atoms with E-state index in [2.05, 4.69) is 4.99 Å². The molecule has 1 aromatic carbocycles. The maximum atomic E-state index is 12.8. The summed E-state index contributed by atoms with van der Waals surface area (Å²) in [7, 11) is 0. The zero-order valence-corrected chi connectivity index (χ0v) is 10.2. The Bertz CT molecular complexity index is 665. The largest absolute Gasteiger partial charge is 0.426 e. The molecule has 0 aliphatic rings. The fourth-order valence-corrected chi connectivity index (χ4v) is 1.64. The van der Waals surface area contributed by atoms with E-state index in [1.165, 1.54) is 36.4 Å². The lowest BCUT2D eigenvalue weighted by molar-refractivity contribution is -0.137. The maximum Gasteiger partial charge on any atom is 0.418 e. The third-order valence-electron chi connectivity index (χ3n) is 2.34. The number of nitrogens with zero attached hydrogens (tertiary/aromatic N) is 2. The molecule has 0 amide bonds. The number of hydrogen-bond donors (Lipinski definition) is 1. The molecule has 0 atom stereocenters. The Labute approximate surface area is 111 Å². The van der Waals surface area contributed by atoms with Gasteiger partial charge in [0.15, 0.2) is 5.49 Å². The van der Waals surface area contributed by atoms with Crippen molar-refractivity contribution in [1.29, 1.82) is 0 Å². The summed E-state index contributed by atoms with van der Waals surface area (Å²) in [5, 5.41) is 9.51. The molecule has 1 heterocycles. The summed E-state index contributed by atoms with van der Waals surface area (Å²) in [6.45, 7) is 0. The first-order valence-corrected chi connectivity index (χ1v) is 5.55. The summed E-state index contributed by atoms with van der Waals surface area (Å²) < 4.78 is 38.8. The Morgan fingerprint density at radius 3 is 2.42 bits per heavy atom. The SMILES string of the molecule is On1c(Cl)cccc1=Nc1ccccc1C(F)(F)F. The van der Waals surface area contributed by atoms with Crippen LogP contribution in [0, 0.1) is 0 Å². The first kappa shape index (κ1) is 13.5. The van der Waals surface area contributed by atoms with Gasteiger partial charge in [0.05, 0.1) is 11.3 Å². The zero-order chi connectivity index (χ0) is 14.0. The molecule has 0 fully saturated rings. The first-order valence-electron chi connectivity index (χ1n) is 5.17. The van der Waals surface area contributed by atoms with Gasteiger partial charge in [0.25, 0.3) is 0 Å². The zero-order valence-electron chi connectivity index (χ0n) is 9.39. The Morgan fingerprint density at radius 1 is 1.05 bits per heavy atom. The van der Waals surface area contributed by atoms with Gasteiger partial charge in [-0.3, -0.25) is 0 Å². The van der Waals surface area contributed by atoms with Crippen molar-refractivity contribution in [2.75, 3.05) is 0 Å². The van der Waals surface area contributed by atoms with E-state index in [-0.39, 0.29) is 16.3 Å². The van der Waals surface area contributed by atoms with E-state index in [4.69, 9.17) is 11.6 Å². The van der Waals surface area contributed by atoms with E-state index in [0.717, 1.165) is 6.07 Å². The Hall–Kier alpha value is -1.95. The lowest BCUT2D eigenvalue weighted by atomic mass is 10.2. The summed E-state index contributed by atoms with van der Waals surface area (Å²) in [4.78, 5) is 3.78. The van der Waals surface area contributed by atoms with Gasteiger partial charge in [0, 0.05) is 0 Å². The van der Waals surface area contributed by atoms with E-state index < -0.39 is 11.7 Å². The highest BCUT2D eigenvalue weighted by Gasteiger charge is 2.33. The van der Waals surface area contributed by atoms with Gasteiger partial charge in [-0.2, -0.15) is 17.9 Å². The van der Waals surface area contributed by atoms with Gasteiger partial charge in [-0.15, -0.1) is 0 Å². The molecule has 100 valence electrons. The van der Waals surface area contributed by atoms with Gasteiger partial charge in [-0.1, -0.05) is 29.8 Å². The molecule has 0 aliphatic carbocycles. The minimum atomic E-state index is -4.51. The van der Waals surface area contributed by atoms with Crippen LogP contribution in [-0.4, -0.2) is 9.94 Å². The van der Waals surface area contributed by atoms with Crippen LogP contribution in [0.5, 0.6) is 0 Å². The number of benzene rings is 1. The van der Waals surface area contributed by atoms with Gasteiger partial charge in [0.2, 0.25) is 0 Å². The standard InChI is InChI=1S/C12H8ClF3N2O/c13-10-6-3-7-11(18(10)19)17-9-5-2-1-4-8(9)12(14,15)16/h1-7,19H. The average Bonchev–Trinajstić information content (AvgIpc) is 2.34. The molecule has 2 rings (SSSR count). The van der Waals surface area contributed by atoms with Crippen LogP contribution in [0.15, 0.2) is 47.5 Å². The number of halogens is 4. The van der Waals surface area contributed by atoms with Crippen LogP contribution >= 0.6 is 11.6 Å². The second kappa shape index (κ2) is 4.97. The van der Waals surface area contributed by atoms with Crippen LogP contribution in [0.25, 0.3) is 0 Å². The van der Waals surface area contributed by atoms with E-state index in [9.17, 15) is 18.4 Å².